The van der Waals surface area contributed by atoms with E-state index in [4.69, 9.17) is 5.11 Å². The van der Waals surface area contributed by atoms with E-state index in [2.05, 4.69) is 13.8 Å². The van der Waals surface area contributed by atoms with Crippen LogP contribution in [0.15, 0.2) is 11.6 Å². The average molecular weight is 407 g/mol. The molecule has 3 saturated carbocycles. The number of thioether (sulfide) groups is 1. The number of allylic oxidation sites excluding steroid dienone is 1. The van der Waals surface area contributed by atoms with E-state index < -0.39 is 5.60 Å². The first-order chi connectivity index (χ1) is 13.3. The maximum atomic E-state index is 13.0. The van der Waals surface area contributed by atoms with Crippen molar-refractivity contribution in [1.82, 2.24) is 0 Å². The van der Waals surface area contributed by atoms with Crippen LogP contribution in [0.4, 0.5) is 0 Å². The van der Waals surface area contributed by atoms with E-state index in [1.807, 2.05) is 6.08 Å². The number of Topliss-reactive ketones (excluding diaryl/α,β-unsaturated/α-hetero) is 1. The van der Waals surface area contributed by atoms with E-state index in [0.717, 1.165) is 38.5 Å². The van der Waals surface area contributed by atoms with E-state index in [9.17, 15) is 14.7 Å². The maximum Gasteiger partial charge on any atom is 0.174 e. The van der Waals surface area contributed by atoms with E-state index in [0.29, 0.717) is 42.1 Å². The van der Waals surface area contributed by atoms with Gasteiger partial charge in [0.05, 0.1) is 12.4 Å². The van der Waals surface area contributed by atoms with Gasteiger partial charge in [-0.1, -0.05) is 19.4 Å². The molecule has 3 fully saturated rings. The van der Waals surface area contributed by atoms with Crippen molar-refractivity contribution in [3.05, 3.63) is 11.6 Å². The van der Waals surface area contributed by atoms with Crippen LogP contribution in [0.3, 0.4) is 0 Å². The molecule has 0 aromatic rings. The molecule has 0 saturated heterocycles. The number of hydrogen-bond acceptors (Lipinski definition) is 5. The second kappa shape index (κ2) is 7.24. The molecular weight excluding hydrogens is 372 g/mol. The van der Waals surface area contributed by atoms with Crippen LogP contribution in [0, 0.1) is 28.6 Å². The molecule has 0 unspecified atom stereocenters. The fourth-order valence-electron chi connectivity index (χ4n) is 7.38. The molecule has 4 rings (SSSR count). The van der Waals surface area contributed by atoms with Crippen molar-refractivity contribution in [3.8, 4) is 0 Å². The van der Waals surface area contributed by atoms with Gasteiger partial charge in [0.15, 0.2) is 11.6 Å². The number of aliphatic hydroxyl groups is 2. The summed E-state index contributed by atoms with van der Waals surface area (Å²) in [6, 6.07) is 0. The minimum absolute atomic E-state index is 0.0414. The van der Waals surface area contributed by atoms with Crippen LogP contribution in [0.25, 0.3) is 0 Å². The van der Waals surface area contributed by atoms with Gasteiger partial charge in [0.1, 0.15) is 5.60 Å². The fourth-order valence-corrected chi connectivity index (χ4v) is 8.08. The third kappa shape index (κ3) is 2.87. The standard InChI is InChI=1S/C23H34O4S/c1-21-8-5-16(25)13-15(21)3-4-17-18(21)6-9-22(2)19(17)7-10-23(22,27)20(26)14-28-12-11-24/h13,17-19,24,27H,3-12,14H2,1-2H3/t17-,18+,19+,21-,22-,23-/m0/s1. The zero-order chi connectivity index (χ0) is 20.2. The first-order valence-electron chi connectivity index (χ1n) is 10.9. The molecule has 0 bridgehead atoms. The van der Waals surface area contributed by atoms with Crippen molar-refractivity contribution < 1.29 is 19.8 Å². The zero-order valence-corrected chi connectivity index (χ0v) is 18.0. The number of carbonyl (C=O) groups excluding carboxylic acids is 2. The van der Waals surface area contributed by atoms with Gasteiger partial charge in [0, 0.05) is 17.6 Å². The van der Waals surface area contributed by atoms with Crippen molar-refractivity contribution in [1.29, 1.82) is 0 Å². The summed E-state index contributed by atoms with van der Waals surface area (Å²) in [5.74, 6) is 2.58. The van der Waals surface area contributed by atoms with Gasteiger partial charge in [-0.3, -0.25) is 9.59 Å². The Labute approximate surface area is 172 Å². The molecule has 0 aromatic heterocycles. The Morgan fingerprint density at radius 3 is 2.64 bits per heavy atom. The molecule has 0 aromatic carbocycles. The van der Waals surface area contributed by atoms with Crippen LogP contribution < -0.4 is 0 Å². The minimum atomic E-state index is -1.22. The molecule has 28 heavy (non-hydrogen) atoms. The zero-order valence-electron chi connectivity index (χ0n) is 17.2. The van der Waals surface area contributed by atoms with Crippen LogP contribution in [0.1, 0.15) is 65.2 Å². The predicted molar refractivity (Wildman–Crippen MR) is 111 cm³/mol. The molecule has 0 heterocycles. The van der Waals surface area contributed by atoms with Crippen molar-refractivity contribution >= 4 is 23.3 Å². The van der Waals surface area contributed by atoms with Crippen molar-refractivity contribution in [2.24, 2.45) is 28.6 Å². The third-order valence-corrected chi connectivity index (χ3v) is 9.98. The molecule has 5 heteroatoms. The topological polar surface area (TPSA) is 74.6 Å². The van der Waals surface area contributed by atoms with Gasteiger partial charge in [0.25, 0.3) is 0 Å². The van der Waals surface area contributed by atoms with E-state index in [-0.39, 0.29) is 29.0 Å². The van der Waals surface area contributed by atoms with Gasteiger partial charge in [0.2, 0.25) is 0 Å². The first-order valence-corrected chi connectivity index (χ1v) is 12.1. The van der Waals surface area contributed by atoms with Crippen molar-refractivity contribution in [2.45, 2.75) is 70.8 Å². The lowest BCUT2D eigenvalue weighted by Crippen LogP contribution is -2.58. The smallest absolute Gasteiger partial charge is 0.174 e. The number of carbonyl (C=O) groups is 2. The average Bonchev–Trinajstić information content (AvgIpc) is 2.95. The lowest BCUT2D eigenvalue weighted by Gasteiger charge is -2.58. The van der Waals surface area contributed by atoms with Gasteiger partial charge in [-0.25, -0.2) is 0 Å². The van der Waals surface area contributed by atoms with Crippen LogP contribution >= 0.6 is 11.8 Å². The number of ketones is 2. The van der Waals surface area contributed by atoms with Crippen molar-refractivity contribution in [3.63, 3.8) is 0 Å². The molecule has 4 aliphatic rings. The third-order valence-electron chi connectivity index (χ3n) is 9.04. The Balaban J connectivity index is 1.58. The maximum absolute atomic E-state index is 13.0. The molecule has 4 nitrogen and oxygen atoms in total. The van der Waals surface area contributed by atoms with Crippen LogP contribution in [0.5, 0.6) is 0 Å². The molecule has 0 amide bonds. The summed E-state index contributed by atoms with van der Waals surface area (Å²) in [5.41, 5.74) is -0.0734. The Hall–Kier alpha value is -0.650. The Morgan fingerprint density at radius 2 is 1.89 bits per heavy atom. The highest BCUT2D eigenvalue weighted by molar-refractivity contribution is 7.99. The molecular formula is C23H34O4S. The molecule has 6 atom stereocenters. The van der Waals surface area contributed by atoms with Crippen LogP contribution in [0.2, 0.25) is 0 Å². The monoisotopic (exact) mass is 406 g/mol. The van der Waals surface area contributed by atoms with Crippen LogP contribution in [-0.2, 0) is 9.59 Å². The number of aliphatic hydroxyl groups excluding tert-OH is 1. The van der Waals surface area contributed by atoms with Gasteiger partial charge in [-0.05, 0) is 74.2 Å². The summed E-state index contributed by atoms with van der Waals surface area (Å²) in [6.07, 6.45) is 9.07. The Bertz CT molecular complexity index is 703. The normalized spacial score (nSPS) is 45.1. The number of hydrogen-bond donors (Lipinski definition) is 2. The summed E-state index contributed by atoms with van der Waals surface area (Å²) in [5, 5.41) is 20.5. The molecule has 156 valence electrons. The molecule has 2 N–H and O–H groups in total. The summed E-state index contributed by atoms with van der Waals surface area (Å²) >= 11 is 1.42. The highest BCUT2D eigenvalue weighted by Crippen LogP contribution is 2.67. The van der Waals surface area contributed by atoms with Gasteiger partial charge >= 0.3 is 0 Å². The highest BCUT2D eigenvalue weighted by Gasteiger charge is 2.65. The summed E-state index contributed by atoms with van der Waals surface area (Å²) in [6.45, 7) is 4.59. The Kier molecular flexibility index (Phi) is 5.33. The summed E-state index contributed by atoms with van der Waals surface area (Å²) in [4.78, 5) is 24.9. The quantitative estimate of drug-likeness (QED) is 0.683. The minimum Gasteiger partial charge on any atom is -0.396 e. The second-order valence-corrected chi connectivity index (χ2v) is 11.1. The lowest BCUT2D eigenvalue weighted by molar-refractivity contribution is -0.159. The van der Waals surface area contributed by atoms with Gasteiger partial charge in [-0.15, -0.1) is 0 Å². The van der Waals surface area contributed by atoms with Gasteiger partial charge < -0.3 is 10.2 Å². The largest absolute Gasteiger partial charge is 0.396 e. The van der Waals surface area contributed by atoms with Gasteiger partial charge in [-0.2, -0.15) is 11.8 Å². The van der Waals surface area contributed by atoms with E-state index in [1.165, 1.54) is 17.3 Å². The fraction of sp³-hybridized carbons (Fsp3) is 0.826. The van der Waals surface area contributed by atoms with Crippen LogP contribution in [-0.4, -0.2) is 45.5 Å². The van der Waals surface area contributed by atoms with Crippen molar-refractivity contribution in [2.75, 3.05) is 18.1 Å². The summed E-state index contributed by atoms with van der Waals surface area (Å²) in [7, 11) is 0. The SMILES string of the molecule is C[C@]12CCC(=O)C=C1CC[C@H]1[C@H]2CC[C@@]2(C)[C@@H]1CC[C@]2(O)C(=O)CSCCO. The van der Waals surface area contributed by atoms with E-state index in [1.54, 1.807) is 0 Å². The summed E-state index contributed by atoms with van der Waals surface area (Å²) < 4.78 is 0. The molecule has 0 radical (unpaired) electrons. The number of rotatable bonds is 5. The molecule has 4 aliphatic carbocycles. The Morgan fingerprint density at radius 1 is 1.14 bits per heavy atom. The molecule has 0 aliphatic heterocycles. The lowest BCUT2D eigenvalue weighted by atomic mass is 9.46. The highest BCUT2D eigenvalue weighted by atomic mass is 32.2. The number of fused-ring (bicyclic) bond motifs is 5. The second-order valence-electron chi connectivity index (χ2n) is 10.0. The van der Waals surface area contributed by atoms with E-state index >= 15 is 0 Å². The molecule has 0 spiro atoms. The first kappa shape index (κ1) is 20.6. The predicted octanol–water partition coefficient (Wildman–Crippen LogP) is 3.54.